The molecule has 1 saturated heterocycles. The monoisotopic (exact) mass is 391 g/mol. The molecule has 9 nitrogen and oxygen atoms in total. The average molecular weight is 391 g/mol. The number of aromatic carboxylic acids is 2. The summed E-state index contributed by atoms with van der Waals surface area (Å²) in [5.74, 6) is -4.33. The summed E-state index contributed by atoms with van der Waals surface area (Å²) in [5, 5.41) is 18.8. The van der Waals surface area contributed by atoms with Gasteiger partial charge in [-0.3, -0.25) is 9.69 Å². The molecule has 3 rings (SSSR count). The Kier molecular flexibility index (Phi) is 5.43. The number of hydrogen-bond donors (Lipinski definition) is 4. The second-order valence-electron chi connectivity index (χ2n) is 6.30. The zero-order valence-corrected chi connectivity index (χ0v) is 14.7. The fourth-order valence-corrected chi connectivity index (χ4v) is 3.17. The number of morpholine rings is 1. The van der Waals surface area contributed by atoms with E-state index in [0.29, 0.717) is 38.4 Å². The van der Waals surface area contributed by atoms with E-state index in [1.165, 1.54) is 12.1 Å². The van der Waals surface area contributed by atoms with Crippen LogP contribution in [0.15, 0.2) is 23.0 Å². The van der Waals surface area contributed by atoms with Crippen LogP contribution in [0.1, 0.15) is 26.3 Å². The van der Waals surface area contributed by atoms with Gasteiger partial charge in [0.25, 0.3) is 5.56 Å². The standard InChI is InChI=1S/C18H18FN3O6/c19-11-7-9(1-2-10(11)8-22-3-5-28-6-4-22)12-13(17(24)25)15(20)21-16(23)14(12)18(26)27/h1-2,7H,3-6,8H2,(H,24,25)(H,26,27)(H3,20,21,23). The van der Waals surface area contributed by atoms with Gasteiger partial charge >= 0.3 is 11.9 Å². The lowest BCUT2D eigenvalue weighted by Crippen LogP contribution is -2.35. The maximum Gasteiger partial charge on any atom is 0.342 e. The number of aromatic nitrogens is 1. The van der Waals surface area contributed by atoms with Crippen LogP contribution in [0.4, 0.5) is 10.2 Å². The minimum absolute atomic E-state index is 0.0594. The van der Waals surface area contributed by atoms with Gasteiger partial charge in [0.05, 0.1) is 13.2 Å². The Morgan fingerprint density at radius 1 is 1.18 bits per heavy atom. The maximum absolute atomic E-state index is 14.7. The van der Waals surface area contributed by atoms with Crippen molar-refractivity contribution in [1.82, 2.24) is 9.88 Å². The number of H-pyrrole nitrogens is 1. The van der Waals surface area contributed by atoms with Crippen LogP contribution < -0.4 is 11.3 Å². The molecular formula is C18H18FN3O6. The van der Waals surface area contributed by atoms with Gasteiger partial charge in [0.2, 0.25) is 0 Å². The maximum atomic E-state index is 14.7. The van der Waals surface area contributed by atoms with Gasteiger partial charge in [0.15, 0.2) is 0 Å². The van der Waals surface area contributed by atoms with Crippen LogP contribution >= 0.6 is 0 Å². The molecule has 1 aromatic heterocycles. The Morgan fingerprint density at radius 3 is 2.39 bits per heavy atom. The van der Waals surface area contributed by atoms with Gasteiger partial charge in [-0.1, -0.05) is 12.1 Å². The number of halogens is 1. The molecule has 148 valence electrons. The van der Waals surface area contributed by atoms with Crippen LogP contribution in [0.2, 0.25) is 0 Å². The van der Waals surface area contributed by atoms with E-state index in [0.717, 1.165) is 6.07 Å². The molecule has 1 aliphatic rings. The highest BCUT2D eigenvalue weighted by Gasteiger charge is 2.27. The highest BCUT2D eigenvalue weighted by Crippen LogP contribution is 2.30. The van der Waals surface area contributed by atoms with Crippen molar-refractivity contribution in [2.75, 3.05) is 32.0 Å². The number of rotatable bonds is 5. The Bertz CT molecular complexity index is 998. The fourth-order valence-electron chi connectivity index (χ4n) is 3.17. The van der Waals surface area contributed by atoms with Gasteiger partial charge in [-0.2, -0.15) is 0 Å². The first-order chi connectivity index (χ1) is 13.3. The fraction of sp³-hybridized carbons (Fsp3) is 0.278. The molecule has 1 aliphatic heterocycles. The molecule has 0 unspecified atom stereocenters. The normalized spacial score (nSPS) is 14.8. The number of hydrogen-bond acceptors (Lipinski definition) is 6. The largest absolute Gasteiger partial charge is 0.478 e. The second-order valence-corrected chi connectivity index (χ2v) is 6.30. The quantitative estimate of drug-likeness (QED) is 0.590. The van der Waals surface area contributed by atoms with Gasteiger partial charge in [0.1, 0.15) is 22.8 Å². The summed E-state index contributed by atoms with van der Waals surface area (Å²) in [6.07, 6.45) is 0. The lowest BCUT2D eigenvalue weighted by atomic mass is 9.94. The van der Waals surface area contributed by atoms with Crippen LogP contribution in [0.5, 0.6) is 0 Å². The van der Waals surface area contributed by atoms with E-state index in [-0.39, 0.29) is 5.56 Å². The first kappa shape index (κ1) is 19.5. The second kappa shape index (κ2) is 7.79. The minimum atomic E-state index is -1.64. The van der Waals surface area contributed by atoms with Crippen molar-refractivity contribution in [3.8, 4) is 11.1 Å². The number of nitrogen functional groups attached to an aromatic ring is 1. The number of carbonyl (C=O) groups is 2. The summed E-state index contributed by atoms with van der Waals surface area (Å²) in [5.41, 5.74) is 2.97. The lowest BCUT2D eigenvalue weighted by Gasteiger charge is -2.26. The topological polar surface area (TPSA) is 146 Å². The smallest absolute Gasteiger partial charge is 0.342 e. The third kappa shape index (κ3) is 3.73. The first-order valence-corrected chi connectivity index (χ1v) is 8.40. The van der Waals surface area contributed by atoms with Gasteiger partial charge in [-0.05, 0) is 11.6 Å². The molecule has 28 heavy (non-hydrogen) atoms. The zero-order chi connectivity index (χ0) is 20.4. The van der Waals surface area contributed by atoms with E-state index in [4.69, 9.17) is 10.5 Å². The van der Waals surface area contributed by atoms with Crippen LogP contribution in [-0.4, -0.2) is 58.3 Å². The van der Waals surface area contributed by atoms with Crippen molar-refractivity contribution in [1.29, 1.82) is 0 Å². The molecule has 0 spiro atoms. The zero-order valence-electron chi connectivity index (χ0n) is 14.7. The van der Waals surface area contributed by atoms with Gasteiger partial charge in [-0.15, -0.1) is 0 Å². The molecular weight excluding hydrogens is 373 g/mol. The van der Waals surface area contributed by atoms with Crippen molar-refractivity contribution in [3.05, 3.63) is 51.1 Å². The number of nitrogens with one attached hydrogen (secondary N) is 1. The van der Waals surface area contributed by atoms with Crippen molar-refractivity contribution >= 4 is 17.8 Å². The van der Waals surface area contributed by atoms with Crippen molar-refractivity contribution in [2.24, 2.45) is 0 Å². The molecule has 0 bridgehead atoms. The number of anilines is 1. The number of pyridine rings is 1. The van der Waals surface area contributed by atoms with Crippen molar-refractivity contribution in [2.45, 2.75) is 6.54 Å². The van der Waals surface area contributed by atoms with E-state index in [1.54, 1.807) is 0 Å². The van der Waals surface area contributed by atoms with E-state index in [1.807, 2.05) is 9.88 Å². The Hall–Kier alpha value is -3.24. The van der Waals surface area contributed by atoms with Crippen molar-refractivity contribution in [3.63, 3.8) is 0 Å². The van der Waals surface area contributed by atoms with Crippen LogP contribution in [0.3, 0.4) is 0 Å². The van der Waals surface area contributed by atoms with E-state index in [9.17, 15) is 29.0 Å². The van der Waals surface area contributed by atoms with Crippen LogP contribution in [-0.2, 0) is 11.3 Å². The SMILES string of the molecule is Nc1[nH]c(=O)c(C(=O)O)c(-c2ccc(CN3CCOCC3)c(F)c2)c1C(=O)O. The molecule has 0 radical (unpaired) electrons. The Morgan fingerprint density at radius 2 is 1.82 bits per heavy atom. The molecule has 1 aromatic carbocycles. The number of nitrogens with zero attached hydrogens (tertiary/aromatic N) is 1. The summed E-state index contributed by atoms with van der Waals surface area (Å²) >= 11 is 0. The summed E-state index contributed by atoms with van der Waals surface area (Å²) in [7, 11) is 0. The molecule has 0 aliphatic carbocycles. The summed E-state index contributed by atoms with van der Waals surface area (Å²) in [4.78, 5) is 39.2. The highest BCUT2D eigenvalue weighted by atomic mass is 19.1. The minimum Gasteiger partial charge on any atom is -0.478 e. The number of nitrogens with two attached hydrogens (primary N) is 1. The van der Waals surface area contributed by atoms with Crippen LogP contribution in [0.25, 0.3) is 11.1 Å². The molecule has 0 saturated carbocycles. The molecule has 2 aromatic rings. The van der Waals surface area contributed by atoms with Gasteiger partial charge < -0.3 is 25.7 Å². The number of carboxylic acids is 2. The molecule has 10 heteroatoms. The predicted molar refractivity (Wildman–Crippen MR) is 96.9 cm³/mol. The first-order valence-electron chi connectivity index (χ1n) is 8.40. The lowest BCUT2D eigenvalue weighted by molar-refractivity contribution is 0.0337. The van der Waals surface area contributed by atoms with E-state index >= 15 is 0 Å². The molecule has 5 N–H and O–H groups in total. The van der Waals surface area contributed by atoms with Crippen molar-refractivity contribution < 1.29 is 28.9 Å². The van der Waals surface area contributed by atoms with Gasteiger partial charge in [0, 0.05) is 30.8 Å². The third-order valence-electron chi connectivity index (χ3n) is 4.51. The van der Waals surface area contributed by atoms with Crippen LogP contribution in [0, 0.1) is 5.82 Å². The predicted octanol–water partition coefficient (Wildman–Crippen LogP) is 0.992. The Balaban J connectivity index is 2.10. The summed E-state index contributed by atoms with van der Waals surface area (Å²) in [6, 6.07) is 3.84. The third-order valence-corrected chi connectivity index (χ3v) is 4.51. The summed E-state index contributed by atoms with van der Waals surface area (Å²) in [6.45, 7) is 2.73. The number of ether oxygens (including phenoxy) is 1. The average Bonchev–Trinajstić information content (AvgIpc) is 2.63. The van der Waals surface area contributed by atoms with E-state index < -0.39 is 45.8 Å². The van der Waals surface area contributed by atoms with Gasteiger partial charge in [-0.25, -0.2) is 14.0 Å². The molecule has 1 fully saturated rings. The molecule has 2 heterocycles. The summed E-state index contributed by atoms with van der Waals surface area (Å²) < 4.78 is 19.9. The molecule has 0 amide bonds. The highest BCUT2D eigenvalue weighted by molar-refractivity contribution is 6.07. The number of carboxylic acid groups (broad SMARTS) is 2. The van der Waals surface area contributed by atoms with E-state index in [2.05, 4.69) is 0 Å². The molecule has 0 atom stereocenters. The number of benzene rings is 1. The number of aromatic amines is 1. The Labute approximate surface area is 158 Å².